The van der Waals surface area contributed by atoms with Crippen LogP contribution in [0.1, 0.15) is 87.0 Å². The highest BCUT2D eigenvalue weighted by Gasteiger charge is 2.47. The quantitative estimate of drug-likeness (QED) is 0.272. The van der Waals surface area contributed by atoms with Crippen LogP contribution in [0.5, 0.6) is 0 Å². The standard InChI is InChI=1S/C20H40O2Si/c1-9-11-12-13-14-15-20(19(21)10-2)22-23(16(3)4,17(5)6)18(7)8/h2,16-21H,9,11-15H2,1,3-8H3/t19-,20-/m0/s1. The summed E-state index contributed by atoms with van der Waals surface area (Å²) in [6.45, 7) is 15.8. The molecular weight excluding hydrogens is 300 g/mol. The molecule has 0 heterocycles. The predicted molar refractivity (Wildman–Crippen MR) is 104 cm³/mol. The maximum absolute atomic E-state index is 10.3. The first-order valence-corrected chi connectivity index (χ1v) is 11.7. The van der Waals surface area contributed by atoms with Gasteiger partial charge in [-0.3, -0.25) is 0 Å². The van der Waals surface area contributed by atoms with Crippen LogP contribution >= 0.6 is 0 Å². The van der Waals surface area contributed by atoms with Gasteiger partial charge in [-0.2, -0.15) is 0 Å². The summed E-state index contributed by atoms with van der Waals surface area (Å²) < 4.78 is 6.73. The fraction of sp³-hybridized carbons (Fsp3) is 0.900. The highest BCUT2D eigenvalue weighted by molar-refractivity contribution is 6.77. The fourth-order valence-electron chi connectivity index (χ4n) is 4.01. The van der Waals surface area contributed by atoms with E-state index in [0.29, 0.717) is 16.6 Å². The number of unbranched alkanes of at least 4 members (excludes halogenated alkanes) is 4. The van der Waals surface area contributed by atoms with E-state index in [4.69, 9.17) is 10.8 Å². The second kappa shape index (κ2) is 11.3. The van der Waals surface area contributed by atoms with Crippen LogP contribution in [-0.2, 0) is 4.43 Å². The van der Waals surface area contributed by atoms with Gasteiger partial charge in [-0.05, 0) is 23.0 Å². The van der Waals surface area contributed by atoms with Crippen molar-refractivity contribution in [3.63, 3.8) is 0 Å². The predicted octanol–water partition coefficient (Wildman–Crippen LogP) is 5.90. The number of rotatable bonds is 12. The van der Waals surface area contributed by atoms with Gasteiger partial charge in [-0.1, -0.05) is 86.5 Å². The number of aliphatic hydroxyl groups is 1. The van der Waals surface area contributed by atoms with Gasteiger partial charge in [0, 0.05) is 0 Å². The molecule has 0 radical (unpaired) electrons. The van der Waals surface area contributed by atoms with Crippen LogP contribution in [-0.4, -0.2) is 25.6 Å². The van der Waals surface area contributed by atoms with Gasteiger partial charge in [-0.25, -0.2) is 0 Å². The van der Waals surface area contributed by atoms with E-state index < -0.39 is 14.4 Å². The summed E-state index contributed by atoms with van der Waals surface area (Å²) in [5.41, 5.74) is 1.53. The van der Waals surface area contributed by atoms with E-state index in [0.717, 1.165) is 12.8 Å². The molecule has 0 amide bonds. The van der Waals surface area contributed by atoms with Gasteiger partial charge >= 0.3 is 0 Å². The average Bonchev–Trinajstić information content (AvgIpc) is 2.48. The minimum atomic E-state index is -2.00. The first kappa shape index (κ1) is 22.7. The van der Waals surface area contributed by atoms with E-state index >= 15 is 0 Å². The Kier molecular flexibility index (Phi) is 11.1. The smallest absolute Gasteiger partial charge is 0.200 e. The molecule has 0 aliphatic carbocycles. The average molecular weight is 341 g/mol. The Morgan fingerprint density at radius 2 is 1.39 bits per heavy atom. The molecule has 0 aromatic heterocycles. The van der Waals surface area contributed by atoms with Crippen LogP contribution in [0.4, 0.5) is 0 Å². The van der Waals surface area contributed by atoms with Gasteiger partial charge in [0.1, 0.15) is 6.10 Å². The van der Waals surface area contributed by atoms with Gasteiger partial charge < -0.3 is 9.53 Å². The van der Waals surface area contributed by atoms with Gasteiger partial charge in [0.2, 0.25) is 8.32 Å². The lowest BCUT2D eigenvalue weighted by Crippen LogP contribution is -2.52. The Morgan fingerprint density at radius 3 is 1.78 bits per heavy atom. The van der Waals surface area contributed by atoms with Crippen molar-refractivity contribution in [2.75, 3.05) is 0 Å². The zero-order valence-electron chi connectivity index (χ0n) is 16.6. The summed E-state index contributed by atoms with van der Waals surface area (Å²) >= 11 is 0. The van der Waals surface area contributed by atoms with Crippen molar-refractivity contribution in [2.45, 2.75) is 116 Å². The van der Waals surface area contributed by atoms with Crippen molar-refractivity contribution in [1.29, 1.82) is 0 Å². The Labute approximate surface area is 146 Å². The van der Waals surface area contributed by atoms with Crippen LogP contribution < -0.4 is 0 Å². The van der Waals surface area contributed by atoms with Crippen molar-refractivity contribution >= 4 is 8.32 Å². The molecule has 0 aliphatic heterocycles. The summed E-state index contributed by atoms with van der Waals surface area (Å²) in [5, 5.41) is 10.3. The van der Waals surface area contributed by atoms with Gasteiger partial charge in [0.05, 0.1) is 6.10 Å². The zero-order valence-corrected chi connectivity index (χ0v) is 17.6. The first-order valence-electron chi connectivity index (χ1n) is 9.55. The first-order chi connectivity index (χ1) is 10.7. The van der Waals surface area contributed by atoms with Gasteiger partial charge in [0.25, 0.3) is 0 Å². The van der Waals surface area contributed by atoms with Crippen molar-refractivity contribution in [3.05, 3.63) is 0 Å². The summed E-state index contributed by atoms with van der Waals surface area (Å²) in [6, 6.07) is 0. The minimum Gasteiger partial charge on any atom is -0.409 e. The molecule has 136 valence electrons. The van der Waals surface area contributed by atoms with E-state index in [1.807, 2.05) is 0 Å². The molecule has 0 bridgehead atoms. The molecule has 2 atom stereocenters. The van der Waals surface area contributed by atoms with Crippen molar-refractivity contribution in [3.8, 4) is 12.3 Å². The topological polar surface area (TPSA) is 29.5 Å². The second-order valence-corrected chi connectivity index (χ2v) is 13.2. The molecule has 0 saturated carbocycles. The fourth-order valence-corrected chi connectivity index (χ4v) is 9.60. The molecule has 0 unspecified atom stereocenters. The van der Waals surface area contributed by atoms with Crippen LogP contribution in [0.3, 0.4) is 0 Å². The number of terminal acetylenes is 1. The summed E-state index contributed by atoms with van der Waals surface area (Å²) in [4.78, 5) is 0. The molecule has 3 heteroatoms. The molecule has 0 spiro atoms. The molecule has 0 fully saturated rings. The van der Waals surface area contributed by atoms with Crippen LogP contribution in [0.2, 0.25) is 16.6 Å². The van der Waals surface area contributed by atoms with Crippen molar-refractivity contribution in [1.82, 2.24) is 0 Å². The van der Waals surface area contributed by atoms with E-state index in [1.54, 1.807) is 0 Å². The van der Waals surface area contributed by atoms with E-state index in [1.165, 1.54) is 25.7 Å². The molecule has 0 aromatic rings. The third-order valence-corrected chi connectivity index (χ3v) is 11.3. The van der Waals surface area contributed by atoms with Gasteiger partial charge in [-0.15, -0.1) is 6.42 Å². The highest BCUT2D eigenvalue weighted by atomic mass is 28.4. The zero-order chi connectivity index (χ0) is 18.0. The normalized spacial score (nSPS) is 15.2. The van der Waals surface area contributed by atoms with Gasteiger partial charge in [0.15, 0.2) is 0 Å². The lowest BCUT2D eigenvalue weighted by molar-refractivity contribution is 0.0518. The van der Waals surface area contributed by atoms with Crippen molar-refractivity contribution in [2.24, 2.45) is 0 Å². The lowest BCUT2D eigenvalue weighted by atomic mass is 10.1. The van der Waals surface area contributed by atoms with Crippen molar-refractivity contribution < 1.29 is 9.53 Å². The molecule has 0 aliphatic rings. The Balaban J connectivity index is 5.05. The summed E-state index contributed by atoms with van der Waals surface area (Å²) in [5.74, 6) is 2.51. The highest BCUT2D eigenvalue weighted by Crippen LogP contribution is 2.43. The van der Waals surface area contributed by atoms with E-state index in [2.05, 4.69) is 54.4 Å². The molecule has 1 N–H and O–H groups in total. The van der Waals surface area contributed by atoms with E-state index in [-0.39, 0.29) is 6.10 Å². The van der Waals surface area contributed by atoms with Crippen LogP contribution in [0.15, 0.2) is 0 Å². The maximum atomic E-state index is 10.3. The number of hydrogen-bond donors (Lipinski definition) is 1. The Morgan fingerprint density at radius 1 is 0.913 bits per heavy atom. The number of hydrogen-bond acceptors (Lipinski definition) is 2. The second-order valence-electron chi connectivity index (χ2n) is 7.79. The third-order valence-electron chi connectivity index (χ3n) is 5.18. The maximum Gasteiger partial charge on any atom is 0.200 e. The van der Waals surface area contributed by atoms with E-state index in [9.17, 15) is 5.11 Å². The summed E-state index contributed by atoms with van der Waals surface area (Å²) in [7, 11) is -2.00. The lowest BCUT2D eigenvalue weighted by Gasteiger charge is -2.45. The molecule has 0 aromatic carbocycles. The molecule has 23 heavy (non-hydrogen) atoms. The molecular formula is C20H40O2Si. The minimum absolute atomic E-state index is 0.208. The number of aliphatic hydroxyl groups excluding tert-OH is 1. The Hall–Kier alpha value is -0.303. The summed E-state index contributed by atoms with van der Waals surface area (Å²) in [6.07, 6.45) is 11.5. The SMILES string of the molecule is C#C[C@H](O)[C@H](CCCCCCC)O[Si](C(C)C)(C(C)C)C(C)C. The van der Waals surface area contributed by atoms with Crippen LogP contribution in [0.25, 0.3) is 0 Å². The monoisotopic (exact) mass is 340 g/mol. The Bertz CT molecular complexity index is 322. The largest absolute Gasteiger partial charge is 0.409 e. The molecule has 0 saturated heterocycles. The molecule has 0 rings (SSSR count). The third kappa shape index (κ3) is 6.61. The molecule has 2 nitrogen and oxygen atoms in total. The van der Waals surface area contributed by atoms with Crippen LogP contribution in [0, 0.1) is 12.3 Å².